The molecule has 1 aromatic heterocycles. The maximum absolute atomic E-state index is 11.2. The zero-order valence-corrected chi connectivity index (χ0v) is 18.4. The van der Waals surface area contributed by atoms with Gasteiger partial charge < -0.3 is 4.57 Å². The van der Waals surface area contributed by atoms with Gasteiger partial charge in [-0.25, -0.2) is 0 Å². The van der Waals surface area contributed by atoms with E-state index in [2.05, 4.69) is 10.6 Å². The van der Waals surface area contributed by atoms with E-state index in [1.165, 1.54) is 24.3 Å². The zero-order chi connectivity index (χ0) is 24.4. The first-order chi connectivity index (χ1) is 17.0. The van der Waals surface area contributed by atoms with E-state index in [4.69, 9.17) is 0 Å². The van der Waals surface area contributed by atoms with Crippen LogP contribution in [0.5, 0.6) is 0 Å². The highest BCUT2D eigenvalue weighted by Crippen LogP contribution is 2.41. The van der Waals surface area contributed by atoms with Crippen molar-refractivity contribution in [3.63, 3.8) is 0 Å². The molecule has 0 aliphatic rings. The molecule has 7 heteroatoms. The fourth-order valence-electron chi connectivity index (χ4n) is 4.19. The van der Waals surface area contributed by atoms with Crippen LogP contribution in [0, 0.1) is 20.2 Å². The lowest BCUT2D eigenvalue weighted by Crippen LogP contribution is -2.00. The lowest BCUT2D eigenvalue weighted by Gasteiger charge is -2.15. The normalized spacial score (nSPS) is 10.7. The van der Waals surface area contributed by atoms with Crippen molar-refractivity contribution in [3.05, 3.63) is 135 Å². The average Bonchev–Trinajstić information content (AvgIpc) is 3.30. The standard InChI is InChI=1S/C28H19N3O4/c32-30(33)24-15-11-20(12-16-24)26-19-27(21-7-3-1-4-8-21)29(23-9-5-2-6-10-23)28(26)22-13-17-25(18-14-22)31(34)35/h1-19H. The number of para-hydroxylation sites is 1. The van der Waals surface area contributed by atoms with Crippen molar-refractivity contribution in [1.29, 1.82) is 0 Å². The van der Waals surface area contributed by atoms with Crippen molar-refractivity contribution < 1.29 is 9.85 Å². The molecule has 5 rings (SSSR count). The Bertz CT molecular complexity index is 1510. The van der Waals surface area contributed by atoms with Crippen LogP contribution >= 0.6 is 0 Å². The number of rotatable bonds is 6. The number of nitro benzene ring substituents is 2. The van der Waals surface area contributed by atoms with Crippen LogP contribution in [0.25, 0.3) is 39.3 Å². The summed E-state index contributed by atoms with van der Waals surface area (Å²) in [6.45, 7) is 0. The summed E-state index contributed by atoms with van der Waals surface area (Å²) in [7, 11) is 0. The second kappa shape index (κ2) is 9.07. The van der Waals surface area contributed by atoms with Crippen molar-refractivity contribution in [2.24, 2.45) is 0 Å². The topological polar surface area (TPSA) is 91.2 Å². The molecule has 0 saturated carbocycles. The maximum Gasteiger partial charge on any atom is 0.269 e. The van der Waals surface area contributed by atoms with Gasteiger partial charge in [0, 0.05) is 35.5 Å². The van der Waals surface area contributed by atoms with Gasteiger partial charge in [0.2, 0.25) is 0 Å². The minimum Gasteiger partial charge on any atom is -0.309 e. The molecule has 0 spiro atoms. The molecule has 0 aliphatic heterocycles. The van der Waals surface area contributed by atoms with Gasteiger partial charge in [-0.3, -0.25) is 20.2 Å². The first-order valence-corrected chi connectivity index (χ1v) is 10.9. The number of nitrogens with zero attached hydrogens (tertiary/aromatic N) is 3. The van der Waals surface area contributed by atoms with Gasteiger partial charge in [0.15, 0.2) is 0 Å². The van der Waals surface area contributed by atoms with Crippen LogP contribution in [0.1, 0.15) is 0 Å². The highest BCUT2D eigenvalue weighted by Gasteiger charge is 2.21. The van der Waals surface area contributed by atoms with E-state index >= 15 is 0 Å². The molecule has 0 atom stereocenters. The van der Waals surface area contributed by atoms with Crippen LogP contribution in [0.3, 0.4) is 0 Å². The average molecular weight is 461 g/mol. The fraction of sp³-hybridized carbons (Fsp3) is 0. The molecule has 1 heterocycles. The predicted octanol–water partition coefficient (Wildman–Crippen LogP) is 7.29. The van der Waals surface area contributed by atoms with Crippen LogP contribution < -0.4 is 0 Å². The van der Waals surface area contributed by atoms with Gasteiger partial charge in [-0.1, -0.05) is 48.5 Å². The van der Waals surface area contributed by atoms with Gasteiger partial charge in [-0.2, -0.15) is 0 Å². The molecule has 35 heavy (non-hydrogen) atoms. The second-order valence-corrected chi connectivity index (χ2v) is 7.94. The lowest BCUT2D eigenvalue weighted by atomic mass is 10.0. The van der Waals surface area contributed by atoms with E-state index < -0.39 is 9.85 Å². The SMILES string of the molecule is O=[N+]([O-])c1ccc(-c2cc(-c3ccccc3)n(-c3ccccc3)c2-c2ccc([N+](=O)[O-])cc2)cc1. The van der Waals surface area contributed by atoms with Crippen molar-refractivity contribution in [2.75, 3.05) is 0 Å². The van der Waals surface area contributed by atoms with E-state index in [0.717, 1.165) is 39.3 Å². The summed E-state index contributed by atoms with van der Waals surface area (Å²) >= 11 is 0. The minimum atomic E-state index is -0.425. The monoisotopic (exact) mass is 461 g/mol. The lowest BCUT2D eigenvalue weighted by molar-refractivity contribution is -0.385. The molecular weight excluding hydrogens is 442 g/mol. The molecule has 4 aromatic carbocycles. The Hall–Kier alpha value is -5.04. The molecule has 0 unspecified atom stereocenters. The van der Waals surface area contributed by atoms with Gasteiger partial charge in [-0.05, 0) is 59.2 Å². The van der Waals surface area contributed by atoms with E-state index in [1.54, 1.807) is 24.3 Å². The summed E-state index contributed by atoms with van der Waals surface area (Å²) in [5.41, 5.74) is 6.14. The summed E-state index contributed by atoms with van der Waals surface area (Å²) in [5.74, 6) is 0. The number of nitro groups is 2. The maximum atomic E-state index is 11.2. The highest BCUT2D eigenvalue weighted by molar-refractivity contribution is 5.89. The Morgan fingerprint density at radius 3 is 1.54 bits per heavy atom. The molecule has 0 fully saturated rings. The van der Waals surface area contributed by atoms with Gasteiger partial charge >= 0.3 is 0 Å². The second-order valence-electron chi connectivity index (χ2n) is 7.94. The van der Waals surface area contributed by atoms with E-state index in [1.807, 2.05) is 60.7 Å². The van der Waals surface area contributed by atoms with Crippen LogP contribution in [0.4, 0.5) is 11.4 Å². The molecule has 170 valence electrons. The Morgan fingerprint density at radius 2 is 1.03 bits per heavy atom. The molecule has 5 aromatic rings. The van der Waals surface area contributed by atoms with Crippen molar-refractivity contribution in [2.45, 2.75) is 0 Å². The molecular formula is C28H19N3O4. The smallest absolute Gasteiger partial charge is 0.269 e. The van der Waals surface area contributed by atoms with E-state index in [0.29, 0.717) is 0 Å². The third kappa shape index (κ3) is 4.18. The van der Waals surface area contributed by atoms with Crippen LogP contribution in [-0.2, 0) is 0 Å². The quantitative estimate of drug-likeness (QED) is 0.196. The Labute approximate surface area is 200 Å². The van der Waals surface area contributed by atoms with Crippen molar-refractivity contribution >= 4 is 11.4 Å². The van der Waals surface area contributed by atoms with Crippen LogP contribution in [-0.4, -0.2) is 14.4 Å². The van der Waals surface area contributed by atoms with Gasteiger partial charge in [0.1, 0.15) is 0 Å². The Morgan fingerprint density at radius 1 is 0.543 bits per heavy atom. The van der Waals surface area contributed by atoms with Crippen LogP contribution in [0.15, 0.2) is 115 Å². The van der Waals surface area contributed by atoms with Gasteiger partial charge in [0.25, 0.3) is 11.4 Å². The largest absolute Gasteiger partial charge is 0.309 e. The van der Waals surface area contributed by atoms with Crippen molar-refractivity contribution in [1.82, 2.24) is 4.57 Å². The summed E-state index contributed by atoms with van der Waals surface area (Å²) in [4.78, 5) is 21.6. The number of hydrogen-bond acceptors (Lipinski definition) is 4. The number of non-ortho nitro benzene ring substituents is 2. The number of aromatic nitrogens is 1. The van der Waals surface area contributed by atoms with E-state index in [9.17, 15) is 20.2 Å². The number of hydrogen-bond donors (Lipinski definition) is 0. The van der Waals surface area contributed by atoms with Gasteiger partial charge in [0.05, 0.1) is 21.2 Å². The highest BCUT2D eigenvalue weighted by atomic mass is 16.6. The first kappa shape index (κ1) is 21.8. The number of benzene rings is 4. The minimum absolute atomic E-state index is 0.00624. The summed E-state index contributed by atoms with van der Waals surface area (Å²) in [6.07, 6.45) is 0. The van der Waals surface area contributed by atoms with Crippen molar-refractivity contribution in [3.8, 4) is 39.3 Å². The fourth-order valence-corrected chi connectivity index (χ4v) is 4.19. The summed E-state index contributed by atoms with van der Waals surface area (Å²) < 4.78 is 2.12. The third-order valence-electron chi connectivity index (χ3n) is 5.83. The van der Waals surface area contributed by atoms with E-state index in [-0.39, 0.29) is 11.4 Å². The molecule has 7 nitrogen and oxygen atoms in total. The van der Waals surface area contributed by atoms with Crippen LogP contribution in [0.2, 0.25) is 0 Å². The molecule has 0 radical (unpaired) electrons. The zero-order valence-electron chi connectivity index (χ0n) is 18.4. The summed E-state index contributed by atoms with van der Waals surface area (Å²) in [5, 5.41) is 22.4. The molecule has 0 bridgehead atoms. The summed E-state index contributed by atoms with van der Waals surface area (Å²) in [6, 6.07) is 34.7. The first-order valence-electron chi connectivity index (χ1n) is 10.9. The molecule has 0 N–H and O–H groups in total. The predicted molar refractivity (Wildman–Crippen MR) is 135 cm³/mol. The third-order valence-corrected chi connectivity index (χ3v) is 5.83. The molecule has 0 amide bonds. The Kier molecular flexibility index (Phi) is 5.65. The Balaban J connectivity index is 1.83. The molecule has 0 aliphatic carbocycles. The van der Waals surface area contributed by atoms with Gasteiger partial charge in [-0.15, -0.1) is 0 Å². The molecule has 0 saturated heterocycles.